The molecule has 2 nitrogen and oxygen atoms in total. The molecule has 0 fully saturated rings. The van der Waals surface area contributed by atoms with Gasteiger partial charge in [-0.15, -0.1) is 0 Å². The van der Waals surface area contributed by atoms with E-state index in [0.717, 1.165) is 19.4 Å². The van der Waals surface area contributed by atoms with Crippen LogP contribution in [0.4, 0.5) is 0 Å². The molecule has 0 N–H and O–H groups in total. The third-order valence-corrected chi connectivity index (χ3v) is 3.09. The molecule has 94 valence electrons. The van der Waals surface area contributed by atoms with Crippen molar-refractivity contribution in [2.24, 2.45) is 0 Å². The maximum atomic E-state index is 12.0. The minimum Gasteiger partial charge on any atom is -0.299 e. The Labute approximate surface area is 113 Å². The van der Waals surface area contributed by atoms with E-state index in [0.29, 0.717) is 22.2 Å². The lowest BCUT2D eigenvalue weighted by molar-refractivity contribution is 0.0946. The Hall–Kier alpha value is -0.570. The fourth-order valence-corrected chi connectivity index (χ4v) is 2.07. The fraction of sp³-hybridized carbons (Fsp3) is 0.462. The standard InChI is InChI=1S/C13H17Cl2NO/c1-3-4-7-16(2)9-13(17)11-6-5-10(14)8-12(11)15/h5-6,8H,3-4,7,9H2,1-2H3. The van der Waals surface area contributed by atoms with E-state index < -0.39 is 0 Å². The second-order valence-corrected chi connectivity index (χ2v) is 4.98. The summed E-state index contributed by atoms with van der Waals surface area (Å²) in [6, 6.07) is 4.97. The second kappa shape index (κ2) is 7.00. The molecule has 4 heteroatoms. The monoisotopic (exact) mass is 273 g/mol. The molecule has 0 aliphatic heterocycles. The summed E-state index contributed by atoms with van der Waals surface area (Å²) in [5.41, 5.74) is 0.541. The van der Waals surface area contributed by atoms with Crippen molar-refractivity contribution < 1.29 is 4.79 Å². The molecule has 0 radical (unpaired) electrons. The Morgan fingerprint density at radius 1 is 1.35 bits per heavy atom. The van der Waals surface area contributed by atoms with E-state index in [1.165, 1.54) is 0 Å². The number of carbonyl (C=O) groups is 1. The smallest absolute Gasteiger partial charge is 0.178 e. The summed E-state index contributed by atoms with van der Waals surface area (Å²) in [4.78, 5) is 14.0. The first kappa shape index (κ1) is 14.5. The van der Waals surface area contributed by atoms with Gasteiger partial charge in [-0.25, -0.2) is 0 Å². The Kier molecular flexibility index (Phi) is 5.96. The minimum absolute atomic E-state index is 0.0327. The van der Waals surface area contributed by atoms with Crippen LogP contribution in [0.1, 0.15) is 30.1 Å². The van der Waals surface area contributed by atoms with Crippen LogP contribution in [0.15, 0.2) is 18.2 Å². The zero-order valence-electron chi connectivity index (χ0n) is 10.2. The van der Waals surface area contributed by atoms with Gasteiger partial charge in [0.1, 0.15) is 0 Å². The third kappa shape index (κ3) is 4.66. The van der Waals surface area contributed by atoms with Crippen molar-refractivity contribution >= 4 is 29.0 Å². The number of likely N-dealkylation sites (N-methyl/N-ethyl adjacent to an activating group) is 1. The number of unbranched alkanes of at least 4 members (excludes halogenated alkanes) is 1. The van der Waals surface area contributed by atoms with E-state index in [9.17, 15) is 4.79 Å². The molecule has 1 aromatic carbocycles. The van der Waals surface area contributed by atoms with Crippen LogP contribution in [0.3, 0.4) is 0 Å². The average molecular weight is 274 g/mol. The van der Waals surface area contributed by atoms with Crippen molar-refractivity contribution in [3.05, 3.63) is 33.8 Å². The van der Waals surface area contributed by atoms with Crippen LogP contribution in [0.2, 0.25) is 10.0 Å². The lowest BCUT2D eigenvalue weighted by Crippen LogP contribution is -2.27. The topological polar surface area (TPSA) is 20.3 Å². The van der Waals surface area contributed by atoms with E-state index in [2.05, 4.69) is 6.92 Å². The number of carbonyl (C=O) groups excluding carboxylic acids is 1. The summed E-state index contributed by atoms with van der Waals surface area (Å²) < 4.78 is 0. The molecule has 17 heavy (non-hydrogen) atoms. The number of hydrogen-bond donors (Lipinski definition) is 0. The number of hydrogen-bond acceptors (Lipinski definition) is 2. The highest BCUT2D eigenvalue weighted by Crippen LogP contribution is 2.21. The maximum absolute atomic E-state index is 12.0. The van der Waals surface area contributed by atoms with Crippen molar-refractivity contribution in [2.75, 3.05) is 20.1 Å². The fourth-order valence-electron chi connectivity index (χ4n) is 1.55. The summed E-state index contributed by atoms with van der Waals surface area (Å²) in [5, 5.41) is 0.970. The predicted octanol–water partition coefficient (Wildman–Crippen LogP) is 3.91. The summed E-state index contributed by atoms with van der Waals surface area (Å²) in [6.45, 7) is 3.44. The molecule has 0 aliphatic carbocycles. The van der Waals surface area contributed by atoms with E-state index in [4.69, 9.17) is 23.2 Å². The highest BCUT2D eigenvalue weighted by molar-refractivity contribution is 6.36. The van der Waals surface area contributed by atoms with Crippen molar-refractivity contribution in [1.82, 2.24) is 4.90 Å². The third-order valence-electron chi connectivity index (χ3n) is 2.54. The SMILES string of the molecule is CCCCN(C)CC(=O)c1ccc(Cl)cc1Cl. The Morgan fingerprint density at radius 3 is 2.65 bits per heavy atom. The second-order valence-electron chi connectivity index (χ2n) is 4.14. The molecule has 0 amide bonds. The van der Waals surface area contributed by atoms with Crippen molar-refractivity contribution in [3.63, 3.8) is 0 Å². The number of benzene rings is 1. The lowest BCUT2D eigenvalue weighted by atomic mass is 10.1. The van der Waals surface area contributed by atoms with Crippen LogP contribution in [0.5, 0.6) is 0 Å². The number of ketones is 1. The van der Waals surface area contributed by atoms with Gasteiger partial charge in [0.15, 0.2) is 5.78 Å². The van der Waals surface area contributed by atoms with Gasteiger partial charge in [0.25, 0.3) is 0 Å². The zero-order chi connectivity index (χ0) is 12.8. The summed E-state index contributed by atoms with van der Waals surface area (Å²) in [6.07, 6.45) is 2.22. The van der Waals surface area contributed by atoms with Gasteiger partial charge in [-0.3, -0.25) is 9.69 Å². The van der Waals surface area contributed by atoms with Crippen LogP contribution < -0.4 is 0 Å². The summed E-state index contributed by atoms with van der Waals surface area (Å²) >= 11 is 11.8. The first-order valence-electron chi connectivity index (χ1n) is 5.71. The molecular weight excluding hydrogens is 257 g/mol. The molecule has 0 unspecified atom stereocenters. The summed E-state index contributed by atoms with van der Waals surface area (Å²) in [7, 11) is 1.94. The van der Waals surface area contributed by atoms with Crippen molar-refractivity contribution in [3.8, 4) is 0 Å². The van der Waals surface area contributed by atoms with Gasteiger partial charge in [-0.2, -0.15) is 0 Å². The van der Waals surface area contributed by atoms with Gasteiger partial charge < -0.3 is 0 Å². The van der Waals surface area contributed by atoms with Crippen LogP contribution >= 0.6 is 23.2 Å². The largest absolute Gasteiger partial charge is 0.299 e. The quantitative estimate of drug-likeness (QED) is 0.733. The molecule has 0 heterocycles. The van der Waals surface area contributed by atoms with Gasteiger partial charge in [0.2, 0.25) is 0 Å². The summed E-state index contributed by atoms with van der Waals surface area (Å²) in [5.74, 6) is 0.0327. The lowest BCUT2D eigenvalue weighted by Gasteiger charge is -2.15. The Bertz CT molecular complexity index is 393. The van der Waals surface area contributed by atoms with Gasteiger partial charge in [0.05, 0.1) is 11.6 Å². The minimum atomic E-state index is 0.0327. The van der Waals surface area contributed by atoms with Gasteiger partial charge in [-0.1, -0.05) is 36.5 Å². The van der Waals surface area contributed by atoms with Crippen LogP contribution in [-0.2, 0) is 0 Å². The highest BCUT2D eigenvalue weighted by Gasteiger charge is 2.12. The molecule has 0 aliphatic rings. The molecule has 0 bridgehead atoms. The van der Waals surface area contributed by atoms with Crippen molar-refractivity contribution in [1.29, 1.82) is 0 Å². The van der Waals surface area contributed by atoms with Gasteiger partial charge in [0, 0.05) is 10.6 Å². The van der Waals surface area contributed by atoms with Gasteiger partial charge in [-0.05, 0) is 38.2 Å². The van der Waals surface area contributed by atoms with Gasteiger partial charge >= 0.3 is 0 Å². The Balaban J connectivity index is 2.63. The number of rotatable bonds is 6. The molecule has 0 spiro atoms. The first-order valence-corrected chi connectivity index (χ1v) is 6.47. The highest BCUT2D eigenvalue weighted by atomic mass is 35.5. The zero-order valence-corrected chi connectivity index (χ0v) is 11.7. The van der Waals surface area contributed by atoms with Crippen LogP contribution in [-0.4, -0.2) is 30.8 Å². The average Bonchev–Trinajstić information content (AvgIpc) is 2.26. The molecule has 1 aromatic rings. The predicted molar refractivity (Wildman–Crippen MR) is 73.2 cm³/mol. The van der Waals surface area contributed by atoms with Crippen LogP contribution in [0, 0.1) is 0 Å². The van der Waals surface area contributed by atoms with Crippen molar-refractivity contribution in [2.45, 2.75) is 19.8 Å². The van der Waals surface area contributed by atoms with E-state index in [1.807, 2.05) is 11.9 Å². The van der Waals surface area contributed by atoms with E-state index >= 15 is 0 Å². The first-order chi connectivity index (χ1) is 8.04. The molecule has 0 atom stereocenters. The molecule has 0 saturated carbocycles. The van der Waals surface area contributed by atoms with E-state index in [1.54, 1.807) is 18.2 Å². The Morgan fingerprint density at radius 2 is 2.06 bits per heavy atom. The maximum Gasteiger partial charge on any atom is 0.178 e. The normalized spacial score (nSPS) is 10.9. The van der Waals surface area contributed by atoms with Crippen LogP contribution in [0.25, 0.3) is 0 Å². The molecule has 0 saturated heterocycles. The number of nitrogens with zero attached hydrogens (tertiary/aromatic N) is 1. The molecule has 1 rings (SSSR count). The molecular formula is C13H17Cl2NO. The number of halogens is 2. The number of Topliss-reactive ketones (excluding diaryl/α,β-unsaturated/α-hetero) is 1. The van der Waals surface area contributed by atoms with E-state index in [-0.39, 0.29) is 5.78 Å². The molecule has 0 aromatic heterocycles.